The van der Waals surface area contributed by atoms with Crippen LogP contribution in [0.5, 0.6) is 11.5 Å². The zero-order valence-corrected chi connectivity index (χ0v) is 14.5. The number of piperidine rings is 1. The third-order valence-electron chi connectivity index (χ3n) is 5.34. The normalized spacial score (nSPS) is 21.6. The van der Waals surface area contributed by atoms with E-state index in [4.69, 9.17) is 14.5 Å². The summed E-state index contributed by atoms with van der Waals surface area (Å²) < 4.78 is 10.8. The van der Waals surface area contributed by atoms with E-state index < -0.39 is 0 Å². The molecular weight excluding hydrogens is 302 g/mol. The first-order chi connectivity index (χ1) is 11.8. The lowest BCUT2D eigenvalue weighted by Crippen LogP contribution is -2.55. The number of pyridine rings is 1. The Morgan fingerprint density at radius 1 is 1.00 bits per heavy atom. The third kappa shape index (κ3) is 2.77. The second-order valence-electron chi connectivity index (χ2n) is 6.70. The second-order valence-corrected chi connectivity index (χ2v) is 6.70. The molecule has 0 radical (unpaired) electrons. The van der Waals surface area contributed by atoms with Gasteiger partial charge in [0.1, 0.15) is 5.82 Å². The van der Waals surface area contributed by atoms with Crippen LogP contribution in [0.3, 0.4) is 0 Å². The molecule has 2 saturated heterocycles. The van der Waals surface area contributed by atoms with Crippen molar-refractivity contribution in [1.82, 2.24) is 9.88 Å². The molecule has 1 atom stereocenters. The summed E-state index contributed by atoms with van der Waals surface area (Å²) in [5.74, 6) is 2.54. The molecule has 0 bridgehead atoms. The van der Waals surface area contributed by atoms with E-state index in [2.05, 4.69) is 21.9 Å². The van der Waals surface area contributed by atoms with Gasteiger partial charge >= 0.3 is 0 Å². The number of piperazine rings is 1. The Morgan fingerprint density at radius 2 is 1.83 bits per heavy atom. The highest BCUT2D eigenvalue weighted by Crippen LogP contribution is 2.33. The van der Waals surface area contributed by atoms with Crippen LogP contribution in [0.25, 0.3) is 10.9 Å². The molecule has 2 aromatic rings. The molecule has 5 nitrogen and oxygen atoms in total. The number of fused-ring (bicyclic) bond motifs is 2. The van der Waals surface area contributed by atoms with Gasteiger partial charge in [-0.3, -0.25) is 4.90 Å². The molecule has 128 valence electrons. The van der Waals surface area contributed by atoms with Gasteiger partial charge in [-0.1, -0.05) is 6.42 Å². The molecule has 2 aliphatic rings. The zero-order valence-electron chi connectivity index (χ0n) is 14.5. The lowest BCUT2D eigenvalue weighted by molar-refractivity contribution is 0.133. The molecule has 0 N–H and O–H groups in total. The van der Waals surface area contributed by atoms with E-state index >= 15 is 0 Å². The number of benzene rings is 1. The first kappa shape index (κ1) is 15.5. The number of ether oxygens (including phenoxy) is 2. The lowest BCUT2D eigenvalue weighted by atomic mass is 9.99. The Labute approximate surface area is 143 Å². The summed E-state index contributed by atoms with van der Waals surface area (Å²) in [7, 11) is 3.32. The van der Waals surface area contributed by atoms with Crippen molar-refractivity contribution >= 4 is 16.7 Å². The Kier molecular flexibility index (Phi) is 4.19. The molecule has 1 aromatic carbocycles. The number of hydrogen-bond donors (Lipinski definition) is 0. The standard InChI is InChI=1S/C19H25N3O2/c1-23-17-11-14-6-7-19(20-16(14)12-18(17)24-2)22-10-9-21-8-4-3-5-15(21)13-22/h6-7,11-12,15H,3-5,8-10,13H2,1-2H3. The highest BCUT2D eigenvalue weighted by molar-refractivity contribution is 5.84. The third-order valence-corrected chi connectivity index (χ3v) is 5.34. The van der Waals surface area contributed by atoms with Crippen LogP contribution in [0.4, 0.5) is 5.82 Å². The molecule has 0 amide bonds. The number of methoxy groups -OCH3 is 2. The summed E-state index contributed by atoms with van der Waals surface area (Å²) in [5.41, 5.74) is 0.955. The summed E-state index contributed by atoms with van der Waals surface area (Å²) in [4.78, 5) is 9.97. The Morgan fingerprint density at radius 3 is 2.67 bits per heavy atom. The van der Waals surface area contributed by atoms with Crippen molar-refractivity contribution in [3.63, 3.8) is 0 Å². The molecule has 2 aliphatic heterocycles. The number of hydrogen-bond acceptors (Lipinski definition) is 5. The molecule has 0 spiro atoms. The number of anilines is 1. The molecule has 0 aliphatic carbocycles. The molecular formula is C19H25N3O2. The number of aromatic nitrogens is 1. The monoisotopic (exact) mass is 327 g/mol. The predicted molar refractivity (Wildman–Crippen MR) is 96.3 cm³/mol. The van der Waals surface area contributed by atoms with Crippen LogP contribution in [-0.4, -0.2) is 56.3 Å². The van der Waals surface area contributed by atoms with Crippen LogP contribution in [0.1, 0.15) is 19.3 Å². The number of rotatable bonds is 3. The van der Waals surface area contributed by atoms with Crippen molar-refractivity contribution in [2.75, 3.05) is 45.3 Å². The van der Waals surface area contributed by atoms with E-state index in [9.17, 15) is 0 Å². The fourth-order valence-corrected chi connectivity index (χ4v) is 3.98. The van der Waals surface area contributed by atoms with E-state index in [1.165, 1.54) is 25.8 Å². The van der Waals surface area contributed by atoms with Crippen LogP contribution in [0, 0.1) is 0 Å². The van der Waals surface area contributed by atoms with Gasteiger partial charge in [0.05, 0.1) is 19.7 Å². The molecule has 0 saturated carbocycles. The zero-order chi connectivity index (χ0) is 16.5. The van der Waals surface area contributed by atoms with E-state index in [-0.39, 0.29) is 0 Å². The van der Waals surface area contributed by atoms with Crippen molar-refractivity contribution in [2.24, 2.45) is 0 Å². The highest BCUT2D eigenvalue weighted by Gasteiger charge is 2.29. The first-order valence-electron chi connectivity index (χ1n) is 8.80. The van der Waals surface area contributed by atoms with E-state index in [1.54, 1.807) is 14.2 Å². The summed E-state index contributed by atoms with van der Waals surface area (Å²) in [6.45, 7) is 4.56. The van der Waals surface area contributed by atoms with Crippen LogP contribution in [0.15, 0.2) is 24.3 Å². The Bertz CT molecular complexity index is 734. The maximum absolute atomic E-state index is 5.42. The van der Waals surface area contributed by atoms with Gasteiger partial charge < -0.3 is 14.4 Å². The average Bonchev–Trinajstić information content (AvgIpc) is 2.66. The molecule has 1 unspecified atom stereocenters. The topological polar surface area (TPSA) is 37.8 Å². The van der Waals surface area contributed by atoms with Gasteiger partial charge in [0.25, 0.3) is 0 Å². The lowest BCUT2D eigenvalue weighted by Gasteiger charge is -2.44. The van der Waals surface area contributed by atoms with Crippen molar-refractivity contribution in [1.29, 1.82) is 0 Å². The molecule has 5 heteroatoms. The second kappa shape index (κ2) is 6.48. The van der Waals surface area contributed by atoms with E-state index in [0.29, 0.717) is 6.04 Å². The first-order valence-corrected chi connectivity index (χ1v) is 8.80. The van der Waals surface area contributed by atoms with Crippen LogP contribution < -0.4 is 14.4 Å². The quantitative estimate of drug-likeness (QED) is 0.866. The highest BCUT2D eigenvalue weighted by atomic mass is 16.5. The maximum atomic E-state index is 5.42. The van der Waals surface area contributed by atoms with Gasteiger partial charge in [-0.2, -0.15) is 0 Å². The molecule has 4 rings (SSSR count). The van der Waals surface area contributed by atoms with Crippen LogP contribution in [-0.2, 0) is 0 Å². The SMILES string of the molecule is COc1cc2ccc(N3CCN4CCCCC4C3)nc2cc1OC. The summed E-state index contributed by atoms with van der Waals surface area (Å²) >= 11 is 0. The van der Waals surface area contributed by atoms with E-state index in [0.717, 1.165) is 47.9 Å². The van der Waals surface area contributed by atoms with Crippen molar-refractivity contribution in [3.8, 4) is 11.5 Å². The van der Waals surface area contributed by atoms with Crippen LogP contribution in [0.2, 0.25) is 0 Å². The minimum atomic E-state index is 0.690. The van der Waals surface area contributed by atoms with E-state index in [1.807, 2.05) is 12.1 Å². The van der Waals surface area contributed by atoms with Gasteiger partial charge in [-0.25, -0.2) is 4.98 Å². The maximum Gasteiger partial charge on any atom is 0.162 e. The Balaban J connectivity index is 1.62. The fraction of sp³-hybridized carbons (Fsp3) is 0.526. The fourth-order valence-electron chi connectivity index (χ4n) is 3.98. The number of nitrogens with zero attached hydrogens (tertiary/aromatic N) is 3. The largest absolute Gasteiger partial charge is 0.493 e. The average molecular weight is 327 g/mol. The molecule has 24 heavy (non-hydrogen) atoms. The molecule has 1 aromatic heterocycles. The molecule has 3 heterocycles. The summed E-state index contributed by atoms with van der Waals surface area (Å²) in [6.07, 6.45) is 4.03. The van der Waals surface area contributed by atoms with Gasteiger partial charge in [0.2, 0.25) is 0 Å². The van der Waals surface area contributed by atoms with Gasteiger partial charge in [0.15, 0.2) is 11.5 Å². The smallest absolute Gasteiger partial charge is 0.162 e. The molecule has 2 fully saturated rings. The van der Waals surface area contributed by atoms with Crippen LogP contribution >= 0.6 is 0 Å². The van der Waals surface area contributed by atoms with Gasteiger partial charge in [-0.05, 0) is 37.6 Å². The predicted octanol–water partition coefficient (Wildman–Crippen LogP) is 2.93. The Hall–Kier alpha value is -2.01. The van der Waals surface area contributed by atoms with Gasteiger partial charge in [0, 0.05) is 37.1 Å². The minimum Gasteiger partial charge on any atom is -0.493 e. The minimum absolute atomic E-state index is 0.690. The van der Waals surface area contributed by atoms with Crippen molar-refractivity contribution in [2.45, 2.75) is 25.3 Å². The van der Waals surface area contributed by atoms with Crippen molar-refractivity contribution in [3.05, 3.63) is 24.3 Å². The summed E-state index contributed by atoms with van der Waals surface area (Å²) in [6, 6.07) is 8.91. The van der Waals surface area contributed by atoms with Gasteiger partial charge in [-0.15, -0.1) is 0 Å². The van der Waals surface area contributed by atoms with Crippen molar-refractivity contribution < 1.29 is 9.47 Å². The summed E-state index contributed by atoms with van der Waals surface area (Å²) in [5, 5.41) is 1.08.